The molecule has 0 aromatic carbocycles. The van der Waals surface area contributed by atoms with Crippen LogP contribution >= 0.6 is 11.8 Å². The Bertz CT molecular complexity index is 373. The zero-order chi connectivity index (χ0) is 12.1. The lowest BCUT2D eigenvalue weighted by Crippen LogP contribution is -2.49. The van der Waals surface area contributed by atoms with Crippen molar-refractivity contribution in [3.63, 3.8) is 0 Å². The Labute approximate surface area is 105 Å². The van der Waals surface area contributed by atoms with Gasteiger partial charge in [-0.05, 0) is 6.07 Å². The largest absolute Gasteiger partial charge is 0.354 e. The Morgan fingerprint density at radius 1 is 1.76 bits per heavy atom. The van der Waals surface area contributed by atoms with Gasteiger partial charge < -0.3 is 10.6 Å². The normalized spacial score (nSPS) is 20.2. The van der Waals surface area contributed by atoms with E-state index in [1.807, 2.05) is 29.6 Å². The molecule has 5 nitrogen and oxygen atoms in total. The summed E-state index contributed by atoms with van der Waals surface area (Å²) in [6.07, 6.45) is 2.60. The average molecular weight is 254 g/mol. The predicted molar refractivity (Wildman–Crippen MR) is 69.0 cm³/mol. The van der Waals surface area contributed by atoms with Crippen LogP contribution in [0.4, 0.5) is 0 Å². The maximum absolute atomic E-state index is 11.8. The van der Waals surface area contributed by atoms with Crippen molar-refractivity contribution in [1.29, 1.82) is 0 Å². The minimum Gasteiger partial charge on any atom is -0.354 e. The number of nitrogens with zero attached hydrogens (tertiary/aromatic N) is 2. The maximum Gasteiger partial charge on any atom is 0.238 e. The number of hydrogen-bond acceptors (Lipinski definition) is 4. The molecule has 1 aromatic rings. The summed E-state index contributed by atoms with van der Waals surface area (Å²) in [6.45, 7) is 1.59. The second-order valence-corrected chi connectivity index (χ2v) is 5.22. The molecule has 1 amide bonds. The maximum atomic E-state index is 11.8. The smallest absolute Gasteiger partial charge is 0.238 e. The van der Waals surface area contributed by atoms with Crippen molar-refractivity contribution < 1.29 is 4.79 Å². The third-order valence-electron chi connectivity index (χ3n) is 2.84. The average Bonchev–Trinajstić information content (AvgIpc) is 2.76. The lowest BCUT2D eigenvalue weighted by Gasteiger charge is -2.22. The van der Waals surface area contributed by atoms with Crippen molar-refractivity contribution in [3.8, 4) is 0 Å². The first-order chi connectivity index (χ1) is 8.27. The fourth-order valence-electron chi connectivity index (χ4n) is 1.82. The van der Waals surface area contributed by atoms with Gasteiger partial charge in [0.15, 0.2) is 0 Å². The van der Waals surface area contributed by atoms with Gasteiger partial charge in [-0.2, -0.15) is 16.9 Å². The van der Waals surface area contributed by atoms with E-state index in [1.165, 1.54) is 0 Å². The van der Waals surface area contributed by atoms with E-state index in [2.05, 4.69) is 15.7 Å². The minimum atomic E-state index is -0.0275. The summed E-state index contributed by atoms with van der Waals surface area (Å²) in [4.78, 5) is 11.8. The first kappa shape index (κ1) is 12.4. The summed E-state index contributed by atoms with van der Waals surface area (Å²) in [6, 6.07) is 1.95. The molecule has 0 radical (unpaired) electrons. The van der Waals surface area contributed by atoms with Crippen LogP contribution in [-0.2, 0) is 18.3 Å². The number of aromatic nitrogens is 2. The Hall–Kier alpha value is -1.01. The van der Waals surface area contributed by atoms with Crippen LogP contribution in [0.5, 0.6) is 0 Å². The van der Waals surface area contributed by atoms with Gasteiger partial charge in [0.1, 0.15) is 0 Å². The molecule has 1 unspecified atom stereocenters. The first-order valence-electron chi connectivity index (χ1n) is 5.83. The van der Waals surface area contributed by atoms with Crippen LogP contribution in [0.2, 0.25) is 0 Å². The summed E-state index contributed by atoms with van der Waals surface area (Å²) in [5.74, 6) is 2.08. The number of hydrogen-bond donors (Lipinski definition) is 2. The van der Waals surface area contributed by atoms with E-state index in [0.717, 1.165) is 30.2 Å². The number of amides is 1. The molecule has 2 heterocycles. The van der Waals surface area contributed by atoms with Crippen molar-refractivity contribution in [2.45, 2.75) is 12.5 Å². The molecule has 1 saturated heterocycles. The Kier molecular flexibility index (Phi) is 4.44. The van der Waals surface area contributed by atoms with E-state index in [4.69, 9.17) is 0 Å². The van der Waals surface area contributed by atoms with Gasteiger partial charge in [-0.15, -0.1) is 0 Å². The van der Waals surface area contributed by atoms with Crippen molar-refractivity contribution in [1.82, 2.24) is 20.4 Å². The molecule has 94 valence electrons. The number of thioether (sulfide) groups is 1. The van der Waals surface area contributed by atoms with Gasteiger partial charge in [-0.1, -0.05) is 0 Å². The highest BCUT2D eigenvalue weighted by Gasteiger charge is 2.20. The van der Waals surface area contributed by atoms with E-state index in [-0.39, 0.29) is 11.9 Å². The van der Waals surface area contributed by atoms with Crippen LogP contribution in [0.1, 0.15) is 5.69 Å². The molecule has 1 atom stereocenters. The molecule has 2 N–H and O–H groups in total. The van der Waals surface area contributed by atoms with Crippen LogP contribution in [0.25, 0.3) is 0 Å². The minimum absolute atomic E-state index is 0.0275. The summed E-state index contributed by atoms with van der Waals surface area (Å²) in [5, 5.41) is 10.3. The van der Waals surface area contributed by atoms with Gasteiger partial charge >= 0.3 is 0 Å². The standard InChI is InChI=1S/C11H18N4OS/c1-15-9(3-5-14-15)2-4-13-11(16)10-8-17-7-6-12-10/h3,5,10,12H,2,4,6-8H2,1H3,(H,13,16). The lowest BCUT2D eigenvalue weighted by atomic mass is 10.2. The highest BCUT2D eigenvalue weighted by molar-refractivity contribution is 7.99. The zero-order valence-electron chi connectivity index (χ0n) is 9.98. The molecular formula is C11H18N4OS. The molecule has 0 aliphatic carbocycles. The second-order valence-electron chi connectivity index (χ2n) is 4.07. The van der Waals surface area contributed by atoms with E-state index in [9.17, 15) is 4.79 Å². The van der Waals surface area contributed by atoms with Crippen molar-refractivity contribution in [2.75, 3.05) is 24.6 Å². The van der Waals surface area contributed by atoms with E-state index in [0.29, 0.717) is 6.54 Å². The summed E-state index contributed by atoms with van der Waals surface area (Å²) < 4.78 is 1.83. The monoisotopic (exact) mass is 254 g/mol. The SMILES string of the molecule is Cn1nccc1CCNC(=O)C1CSCCN1. The number of rotatable bonds is 4. The Balaban J connectivity index is 1.71. The van der Waals surface area contributed by atoms with E-state index < -0.39 is 0 Å². The van der Waals surface area contributed by atoms with Crippen LogP contribution in [-0.4, -0.2) is 46.3 Å². The summed E-state index contributed by atoms with van der Waals surface area (Å²) in [7, 11) is 1.91. The molecule has 17 heavy (non-hydrogen) atoms. The highest BCUT2D eigenvalue weighted by Crippen LogP contribution is 2.07. The van der Waals surface area contributed by atoms with Crippen LogP contribution in [0.3, 0.4) is 0 Å². The van der Waals surface area contributed by atoms with Crippen molar-refractivity contribution in [2.24, 2.45) is 7.05 Å². The van der Waals surface area contributed by atoms with Crippen LogP contribution in [0, 0.1) is 0 Å². The molecule has 2 rings (SSSR count). The summed E-state index contributed by atoms with van der Waals surface area (Å²) >= 11 is 1.83. The van der Waals surface area contributed by atoms with Crippen molar-refractivity contribution >= 4 is 17.7 Å². The summed E-state index contributed by atoms with van der Waals surface area (Å²) in [5.41, 5.74) is 1.14. The molecule has 1 aliphatic rings. The van der Waals surface area contributed by atoms with Crippen LogP contribution < -0.4 is 10.6 Å². The molecule has 0 bridgehead atoms. The Morgan fingerprint density at radius 2 is 2.65 bits per heavy atom. The molecule has 0 spiro atoms. The molecule has 0 saturated carbocycles. The number of nitrogens with one attached hydrogen (secondary N) is 2. The highest BCUT2D eigenvalue weighted by atomic mass is 32.2. The van der Waals surface area contributed by atoms with E-state index >= 15 is 0 Å². The molecule has 1 aromatic heterocycles. The van der Waals surface area contributed by atoms with Crippen molar-refractivity contribution in [3.05, 3.63) is 18.0 Å². The number of aryl methyl sites for hydroxylation is 1. The fraction of sp³-hybridized carbons (Fsp3) is 0.636. The van der Waals surface area contributed by atoms with Gasteiger partial charge in [-0.3, -0.25) is 9.48 Å². The molecule has 6 heteroatoms. The van der Waals surface area contributed by atoms with E-state index in [1.54, 1.807) is 6.20 Å². The lowest BCUT2D eigenvalue weighted by molar-refractivity contribution is -0.122. The molecule has 1 aliphatic heterocycles. The van der Waals surface area contributed by atoms with Gasteiger partial charge in [0.05, 0.1) is 6.04 Å². The first-order valence-corrected chi connectivity index (χ1v) is 6.98. The van der Waals surface area contributed by atoms with Gasteiger partial charge in [0.2, 0.25) is 5.91 Å². The van der Waals surface area contributed by atoms with Gasteiger partial charge in [-0.25, -0.2) is 0 Å². The third kappa shape index (κ3) is 3.47. The quantitative estimate of drug-likeness (QED) is 0.780. The number of carbonyl (C=O) groups is 1. The predicted octanol–water partition coefficient (Wildman–Crippen LogP) is -0.216. The second kappa shape index (κ2) is 6.07. The molecule has 1 fully saturated rings. The molecular weight excluding hydrogens is 236 g/mol. The van der Waals surface area contributed by atoms with Crippen LogP contribution in [0.15, 0.2) is 12.3 Å². The zero-order valence-corrected chi connectivity index (χ0v) is 10.8. The third-order valence-corrected chi connectivity index (χ3v) is 3.90. The topological polar surface area (TPSA) is 59.0 Å². The fourth-order valence-corrected chi connectivity index (χ4v) is 2.75. The van der Waals surface area contributed by atoms with Gasteiger partial charge in [0.25, 0.3) is 0 Å². The Morgan fingerprint density at radius 3 is 3.29 bits per heavy atom. The van der Waals surface area contributed by atoms with Gasteiger partial charge in [0, 0.05) is 50.0 Å². The number of carbonyl (C=O) groups excluding carboxylic acids is 1.